The van der Waals surface area contributed by atoms with Gasteiger partial charge in [0, 0.05) is 35.9 Å². The van der Waals surface area contributed by atoms with Gasteiger partial charge in [-0.15, -0.1) is 0 Å². The van der Waals surface area contributed by atoms with E-state index in [-0.39, 0.29) is 17.0 Å². The van der Waals surface area contributed by atoms with Crippen LogP contribution < -0.4 is 16.0 Å². The second-order valence-electron chi connectivity index (χ2n) is 6.14. The van der Waals surface area contributed by atoms with Gasteiger partial charge in [-0.05, 0) is 18.6 Å². The molecular formula is C19H16N4O2. The minimum absolute atomic E-state index is 0.0398. The van der Waals surface area contributed by atoms with Gasteiger partial charge in [-0.25, -0.2) is 0 Å². The summed E-state index contributed by atoms with van der Waals surface area (Å²) in [7, 11) is 1.71. The Kier molecular flexibility index (Phi) is 3.19. The normalized spacial score (nSPS) is 16.4. The van der Waals surface area contributed by atoms with Crippen molar-refractivity contribution in [1.29, 1.82) is 5.26 Å². The number of aryl methyl sites for hydroxylation is 1. The average Bonchev–Trinajstić information content (AvgIpc) is 3.02. The fourth-order valence-corrected chi connectivity index (χ4v) is 3.38. The molecule has 1 atom stereocenters. The van der Waals surface area contributed by atoms with E-state index in [0.29, 0.717) is 11.3 Å². The van der Waals surface area contributed by atoms with E-state index in [9.17, 15) is 10.1 Å². The summed E-state index contributed by atoms with van der Waals surface area (Å²) in [5.41, 5.74) is 9.02. The molecule has 0 fully saturated rings. The van der Waals surface area contributed by atoms with Crippen LogP contribution >= 0.6 is 0 Å². The van der Waals surface area contributed by atoms with E-state index in [4.69, 9.17) is 10.5 Å². The van der Waals surface area contributed by atoms with E-state index in [0.717, 1.165) is 22.2 Å². The Hall–Kier alpha value is -3.46. The Morgan fingerprint density at radius 2 is 2.12 bits per heavy atom. The number of fused-ring (bicyclic) bond motifs is 2. The number of nitrogens with two attached hydrogens (primary N) is 1. The zero-order valence-electron chi connectivity index (χ0n) is 13.8. The van der Waals surface area contributed by atoms with E-state index in [1.807, 2.05) is 37.4 Å². The third-order valence-corrected chi connectivity index (χ3v) is 4.78. The summed E-state index contributed by atoms with van der Waals surface area (Å²) in [6.07, 6.45) is 1.83. The number of hydrogen-bond acceptors (Lipinski definition) is 4. The number of para-hydroxylation sites is 1. The molecule has 3 aromatic rings. The van der Waals surface area contributed by atoms with Gasteiger partial charge < -0.3 is 20.0 Å². The van der Waals surface area contributed by atoms with Crippen molar-refractivity contribution in [2.75, 3.05) is 0 Å². The van der Waals surface area contributed by atoms with Crippen LogP contribution in [0, 0.1) is 18.3 Å². The Bertz CT molecular complexity index is 1140. The largest absolute Gasteiger partial charge is 0.440 e. The topological polar surface area (TPSA) is 96.8 Å². The molecule has 1 unspecified atom stereocenters. The molecule has 124 valence electrons. The van der Waals surface area contributed by atoms with Crippen molar-refractivity contribution < 1.29 is 4.74 Å². The Morgan fingerprint density at radius 1 is 1.36 bits per heavy atom. The van der Waals surface area contributed by atoms with Gasteiger partial charge in [0.1, 0.15) is 17.4 Å². The molecule has 0 bridgehead atoms. The third-order valence-electron chi connectivity index (χ3n) is 4.78. The third kappa shape index (κ3) is 2.06. The van der Waals surface area contributed by atoms with Gasteiger partial charge in [-0.1, -0.05) is 18.2 Å². The molecule has 4 rings (SSSR count). The summed E-state index contributed by atoms with van der Waals surface area (Å²) in [5.74, 6) is -0.116. The number of benzene rings is 1. The molecule has 0 spiro atoms. The zero-order chi connectivity index (χ0) is 17.7. The molecule has 3 N–H and O–H groups in total. The minimum Gasteiger partial charge on any atom is -0.440 e. The van der Waals surface area contributed by atoms with E-state index in [1.165, 1.54) is 0 Å². The van der Waals surface area contributed by atoms with Crippen molar-refractivity contribution in [3.05, 3.63) is 75.2 Å². The van der Waals surface area contributed by atoms with Crippen molar-refractivity contribution in [2.45, 2.75) is 12.8 Å². The molecule has 3 heterocycles. The minimum atomic E-state index is -0.566. The molecule has 2 aromatic heterocycles. The molecule has 0 saturated carbocycles. The lowest BCUT2D eigenvalue weighted by Crippen LogP contribution is -2.31. The van der Waals surface area contributed by atoms with E-state index < -0.39 is 5.92 Å². The molecule has 1 aliphatic rings. The predicted octanol–water partition coefficient (Wildman–Crippen LogP) is 2.39. The molecule has 0 amide bonds. The summed E-state index contributed by atoms with van der Waals surface area (Å²) < 4.78 is 7.16. The molecule has 1 aliphatic heterocycles. The predicted molar refractivity (Wildman–Crippen MR) is 94.0 cm³/mol. The fourth-order valence-electron chi connectivity index (χ4n) is 3.38. The lowest BCUT2D eigenvalue weighted by atomic mass is 9.84. The number of ether oxygens (including phenoxy) is 1. The van der Waals surface area contributed by atoms with Crippen molar-refractivity contribution in [2.24, 2.45) is 12.8 Å². The summed E-state index contributed by atoms with van der Waals surface area (Å²) in [5, 5.41) is 10.6. The maximum absolute atomic E-state index is 12.9. The molecule has 6 heteroatoms. The highest BCUT2D eigenvalue weighted by molar-refractivity contribution is 5.85. The maximum Gasteiger partial charge on any atom is 0.258 e. The van der Waals surface area contributed by atoms with E-state index in [1.54, 1.807) is 17.7 Å². The number of nitriles is 1. The van der Waals surface area contributed by atoms with E-state index in [2.05, 4.69) is 11.1 Å². The highest BCUT2D eigenvalue weighted by Gasteiger charge is 2.35. The Morgan fingerprint density at radius 3 is 2.88 bits per heavy atom. The van der Waals surface area contributed by atoms with Crippen molar-refractivity contribution in [1.82, 2.24) is 9.55 Å². The number of aromatic nitrogens is 2. The van der Waals surface area contributed by atoms with Crippen LogP contribution in [0.15, 0.2) is 52.8 Å². The molecular weight excluding hydrogens is 316 g/mol. The SMILES string of the molecule is Cc1cc2c(c(=O)n1C)C(c1c[nH]c3ccccc13)C(C#N)=C(N)O2. The smallest absolute Gasteiger partial charge is 0.258 e. The fraction of sp³-hybridized carbons (Fsp3) is 0.158. The maximum atomic E-state index is 12.9. The summed E-state index contributed by atoms with van der Waals surface area (Å²) in [4.78, 5) is 16.1. The number of pyridine rings is 1. The zero-order valence-corrected chi connectivity index (χ0v) is 13.8. The van der Waals surface area contributed by atoms with Gasteiger partial charge in [0.15, 0.2) is 0 Å². The summed E-state index contributed by atoms with van der Waals surface area (Å²) in [6, 6.07) is 11.7. The van der Waals surface area contributed by atoms with E-state index >= 15 is 0 Å². The van der Waals surface area contributed by atoms with Gasteiger partial charge >= 0.3 is 0 Å². The van der Waals surface area contributed by atoms with Crippen LogP contribution in [0.2, 0.25) is 0 Å². The van der Waals surface area contributed by atoms with Gasteiger partial charge in [0.25, 0.3) is 5.56 Å². The number of aromatic amines is 1. The Labute approximate surface area is 143 Å². The van der Waals surface area contributed by atoms with Gasteiger partial charge in [-0.3, -0.25) is 4.79 Å². The lowest BCUT2D eigenvalue weighted by molar-refractivity contribution is 0.389. The van der Waals surface area contributed by atoms with Crippen LogP contribution in [-0.4, -0.2) is 9.55 Å². The molecule has 25 heavy (non-hydrogen) atoms. The summed E-state index contributed by atoms with van der Waals surface area (Å²) in [6.45, 7) is 1.82. The molecule has 0 aliphatic carbocycles. The second kappa shape index (κ2) is 5.28. The quantitative estimate of drug-likeness (QED) is 0.715. The lowest BCUT2D eigenvalue weighted by Gasteiger charge is -2.26. The first kappa shape index (κ1) is 15.1. The van der Waals surface area contributed by atoms with Crippen LogP contribution in [0.1, 0.15) is 22.7 Å². The first-order valence-electron chi connectivity index (χ1n) is 7.87. The first-order chi connectivity index (χ1) is 12.0. The monoisotopic (exact) mass is 332 g/mol. The molecule has 6 nitrogen and oxygen atoms in total. The van der Waals surface area contributed by atoms with Crippen molar-refractivity contribution in [3.63, 3.8) is 0 Å². The molecule has 1 aromatic carbocycles. The second-order valence-corrected chi connectivity index (χ2v) is 6.14. The van der Waals surface area contributed by atoms with Gasteiger partial charge in [-0.2, -0.15) is 5.26 Å². The number of allylic oxidation sites excluding steroid dienone is 1. The highest BCUT2D eigenvalue weighted by atomic mass is 16.5. The highest BCUT2D eigenvalue weighted by Crippen LogP contribution is 2.42. The van der Waals surface area contributed by atoms with Gasteiger partial charge in [0.05, 0.1) is 11.5 Å². The number of nitrogens with zero attached hydrogens (tertiary/aromatic N) is 2. The van der Waals surface area contributed by atoms with Gasteiger partial charge in [0.2, 0.25) is 5.88 Å². The Balaban J connectivity index is 2.09. The standard InChI is InChI=1S/C19H16N4O2/c1-10-7-15-17(19(24)23(10)2)16(12(8-20)18(21)25-15)13-9-22-14-6-4-3-5-11(13)14/h3-7,9,16,22H,21H2,1-2H3. The van der Waals surface area contributed by atoms with Crippen LogP contribution in [0.25, 0.3) is 10.9 Å². The number of rotatable bonds is 1. The van der Waals surface area contributed by atoms with Crippen LogP contribution in [0.4, 0.5) is 0 Å². The first-order valence-corrected chi connectivity index (χ1v) is 7.87. The van der Waals surface area contributed by atoms with Crippen LogP contribution in [0.3, 0.4) is 0 Å². The van der Waals surface area contributed by atoms with Crippen LogP contribution in [0.5, 0.6) is 5.75 Å². The molecule has 0 saturated heterocycles. The number of H-pyrrole nitrogens is 1. The van der Waals surface area contributed by atoms with Crippen molar-refractivity contribution >= 4 is 10.9 Å². The molecule has 0 radical (unpaired) electrons. The van der Waals surface area contributed by atoms with Crippen molar-refractivity contribution in [3.8, 4) is 11.8 Å². The number of hydrogen-bond donors (Lipinski definition) is 2. The average molecular weight is 332 g/mol. The number of nitrogens with one attached hydrogen (secondary N) is 1. The van der Waals surface area contributed by atoms with Crippen LogP contribution in [-0.2, 0) is 7.05 Å². The summed E-state index contributed by atoms with van der Waals surface area (Å²) >= 11 is 0.